The van der Waals surface area contributed by atoms with Crippen LogP contribution < -0.4 is 5.90 Å². The number of nitrogens with two attached hydrogens (primary N) is 1. The maximum absolute atomic E-state index is 5.60. The Morgan fingerprint density at radius 3 is 1.41 bits per heavy atom. The van der Waals surface area contributed by atoms with E-state index in [1.165, 1.54) is 51.4 Å². The fourth-order valence-electron chi connectivity index (χ4n) is 3.84. The van der Waals surface area contributed by atoms with Crippen LogP contribution in [0, 0.1) is 23.7 Å². The Bertz CT molecular complexity index is 193. The van der Waals surface area contributed by atoms with Crippen molar-refractivity contribution < 1.29 is 4.84 Å². The molecule has 100 valence electrons. The Labute approximate surface area is 106 Å². The zero-order valence-electron chi connectivity index (χ0n) is 11.5. The van der Waals surface area contributed by atoms with Crippen molar-refractivity contribution in [3.63, 3.8) is 0 Å². The molecule has 2 nitrogen and oxygen atoms in total. The van der Waals surface area contributed by atoms with Crippen LogP contribution in [0.4, 0.5) is 0 Å². The standard InChI is InChI=1S/C15H29NO/c1-11-3-7-13(8-4-11)15(17-16)14-9-5-12(2)6-10-14/h11-15H,3-10,16H2,1-2H3. The van der Waals surface area contributed by atoms with Gasteiger partial charge in [0.2, 0.25) is 0 Å². The summed E-state index contributed by atoms with van der Waals surface area (Å²) in [5.74, 6) is 8.89. The van der Waals surface area contributed by atoms with Crippen LogP contribution in [-0.2, 0) is 4.84 Å². The van der Waals surface area contributed by atoms with Crippen LogP contribution in [-0.4, -0.2) is 6.10 Å². The highest BCUT2D eigenvalue weighted by atomic mass is 16.6. The lowest BCUT2D eigenvalue weighted by Gasteiger charge is -2.38. The van der Waals surface area contributed by atoms with E-state index in [1.807, 2.05) is 0 Å². The van der Waals surface area contributed by atoms with Crippen LogP contribution in [0.3, 0.4) is 0 Å². The molecule has 2 heteroatoms. The lowest BCUT2D eigenvalue weighted by atomic mass is 9.72. The summed E-state index contributed by atoms with van der Waals surface area (Å²) >= 11 is 0. The average molecular weight is 239 g/mol. The van der Waals surface area contributed by atoms with Crippen molar-refractivity contribution >= 4 is 0 Å². The summed E-state index contributed by atoms with van der Waals surface area (Å²) in [6.07, 6.45) is 11.1. The molecule has 0 aromatic rings. The second-order valence-electron chi connectivity index (χ2n) is 6.64. The van der Waals surface area contributed by atoms with Crippen LogP contribution in [0.1, 0.15) is 65.2 Å². The van der Waals surface area contributed by atoms with Gasteiger partial charge in [-0.15, -0.1) is 0 Å². The van der Waals surface area contributed by atoms with Crippen molar-refractivity contribution in [1.29, 1.82) is 0 Å². The van der Waals surface area contributed by atoms with E-state index < -0.39 is 0 Å². The van der Waals surface area contributed by atoms with Gasteiger partial charge in [0, 0.05) is 0 Å². The monoisotopic (exact) mass is 239 g/mol. The van der Waals surface area contributed by atoms with Crippen molar-refractivity contribution in [2.75, 3.05) is 0 Å². The quantitative estimate of drug-likeness (QED) is 0.758. The molecule has 0 spiro atoms. The van der Waals surface area contributed by atoms with Crippen LogP contribution in [0.2, 0.25) is 0 Å². The van der Waals surface area contributed by atoms with E-state index >= 15 is 0 Å². The first-order valence-electron chi connectivity index (χ1n) is 7.56. The lowest BCUT2D eigenvalue weighted by molar-refractivity contribution is -0.0541. The van der Waals surface area contributed by atoms with Gasteiger partial charge in [0.15, 0.2) is 0 Å². The van der Waals surface area contributed by atoms with Gasteiger partial charge in [-0.3, -0.25) is 0 Å². The van der Waals surface area contributed by atoms with Gasteiger partial charge < -0.3 is 4.84 Å². The zero-order chi connectivity index (χ0) is 12.3. The second-order valence-corrected chi connectivity index (χ2v) is 6.64. The summed E-state index contributed by atoms with van der Waals surface area (Å²) in [7, 11) is 0. The van der Waals surface area contributed by atoms with Crippen molar-refractivity contribution in [1.82, 2.24) is 0 Å². The topological polar surface area (TPSA) is 35.2 Å². The highest BCUT2D eigenvalue weighted by molar-refractivity contribution is 4.84. The highest BCUT2D eigenvalue weighted by Gasteiger charge is 2.34. The van der Waals surface area contributed by atoms with E-state index in [0.29, 0.717) is 6.10 Å². The minimum Gasteiger partial charge on any atom is -0.301 e. The predicted octanol–water partition coefficient (Wildman–Crippen LogP) is 3.90. The number of hydrogen-bond donors (Lipinski definition) is 1. The van der Waals surface area contributed by atoms with Gasteiger partial charge in [0.1, 0.15) is 0 Å². The van der Waals surface area contributed by atoms with E-state index in [4.69, 9.17) is 10.7 Å². The molecular formula is C15H29NO. The first-order chi connectivity index (χ1) is 8.20. The maximum atomic E-state index is 5.60. The third-order valence-corrected chi connectivity index (χ3v) is 5.21. The average Bonchev–Trinajstić information content (AvgIpc) is 2.35. The Balaban J connectivity index is 1.87. The number of hydrogen-bond acceptors (Lipinski definition) is 2. The van der Waals surface area contributed by atoms with E-state index in [1.54, 1.807) is 0 Å². The fourth-order valence-corrected chi connectivity index (χ4v) is 3.84. The molecule has 2 N–H and O–H groups in total. The Kier molecular flexibility index (Phi) is 4.87. The third kappa shape index (κ3) is 3.45. The maximum Gasteiger partial charge on any atom is 0.0843 e. The van der Waals surface area contributed by atoms with Gasteiger partial charge in [-0.25, -0.2) is 5.90 Å². The minimum absolute atomic E-state index is 0.343. The molecule has 0 amide bonds. The van der Waals surface area contributed by atoms with Gasteiger partial charge >= 0.3 is 0 Å². The molecule has 0 atom stereocenters. The molecular weight excluding hydrogens is 210 g/mol. The first kappa shape index (κ1) is 13.4. The third-order valence-electron chi connectivity index (χ3n) is 5.21. The molecule has 0 unspecified atom stereocenters. The van der Waals surface area contributed by atoms with Gasteiger partial charge in [-0.2, -0.15) is 0 Å². The molecule has 17 heavy (non-hydrogen) atoms. The van der Waals surface area contributed by atoms with Crippen LogP contribution in [0.25, 0.3) is 0 Å². The summed E-state index contributed by atoms with van der Waals surface area (Å²) in [5, 5.41) is 0. The predicted molar refractivity (Wildman–Crippen MR) is 71.3 cm³/mol. The smallest absolute Gasteiger partial charge is 0.0843 e. The van der Waals surface area contributed by atoms with E-state index in [0.717, 1.165) is 23.7 Å². The van der Waals surface area contributed by atoms with Gasteiger partial charge in [0.25, 0.3) is 0 Å². The molecule has 0 aromatic heterocycles. The van der Waals surface area contributed by atoms with Crippen molar-refractivity contribution in [3.05, 3.63) is 0 Å². The molecule has 0 radical (unpaired) electrons. The van der Waals surface area contributed by atoms with Crippen LogP contribution >= 0.6 is 0 Å². The Morgan fingerprint density at radius 1 is 0.765 bits per heavy atom. The SMILES string of the molecule is CC1CCC(C(ON)C2CCC(C)CC2)CC1. The molecule has 2 fully saturated rings. The number of rotatable bonds is 3. The van der Waals surface area contributed by atoms with Gasteiger partial charge in [0.05, 0.1) is 6.10 Å². The summed E-state index contributed by atoms with van der Waals surface area (Å²) in [6.45, 7) is 4.74. The fraction of sp³-hybridized carbons (Fsp3) is 1.00. The van der Waals surface area contributed by atoms with Gasteiger partial charge in [-0.05, 0) is 49.4 Å². The van der Waals surface area contributed by atoms with Crippen molar-refractivity contribution in [3.8, 4) is 0 Å². The van der Waals surface area contributed by atoms with E-state index in [9.17, 15) is 0 Å². The molecule has 0 aliphatic heterocycles. The normalized spacial score (nSPS) is 41.1. The van der Waals surface area contributed by atoms with E-state index in [2.05, 4.69) is 13.8 Å². The molecule has 0 saturated heterocycles. The lowest BCUT2D eigenvalue weighted by Crippen LogP contribution is -2.38. The van der Waals surface area contributed by atoms with Crippen molar-refractivity contribution in [2.24, 2.45) is 29.6 Å². The highest BCUT2D eigenvalue weighted by Crippen LogP contribution is 2.39. The van der Waals surface area contributed by atoms with Crippen LogP contribution in [0.5, 0.6) is 0 Å². The van der Waals surface area contributed by atoms with Crippen LogP contribution in [0.15, 0.2) is 0 Å². The molecule has 2 rings (SSSR count). The molecule has 0 bridgehead atoms. The summed E-state index contributed by atoms with van der Waals surface area (Å²) in [4.78, 5) is 5.40. The zero-order valence-corrected chi connectivity index (χ0v) is 11.5. The van der Waals surface area contributed by atoms with Gasteiger partial charge in [-0.1, -0.05) is 39.5 Å². The minimum atomic E-state index is 0.343. The molecule has 0 aromatic carbocycles. The molecule has 2 saturated carbocycles. The summed E-state index contributed by atoms with van der Waals surface area (Å²) < 4.78 is 0. The molecule has 2 aliphatic rings. The molecule has 0 heterocycles. The summed E-state index contributed by atoms with van der Waals surface area (Å²) in [6, 6.07) is 0. The Morgan fingerprint density at radius 2 is 1.12 bits per heavy atom. The summed E-state index contributed by atoms with van der Waals surface area (Å²) in [5.41, 5.74) is 0. The Hall–Kier alpha value is -0.0800. The van der Waals surface area contributed by atoms with Crippen molar-refractivity contribution in [2.45, 2.75) is 71.3 Å². The second kappa shape index (κ2) is 6.19. The molecule has 2 aliphatic carbocycles. The van der Waals surface area contributed by atoms with E-state index in [-0.39, 0.29) is 0 Å². The first-order valence-corrected chi connectivity index (χ1v) is 7.56. The largest absolute Gasteiger partial charge is 0.301 e.